The van der Waals surface area contributed by atoms with E-state index in [-0.39, 0.29) is 11.6 Å². The van der Waals surface area contributed by atoms with E-state index in [0.717, 1.165) is 5.39 Å². The monoisotopic (exact) mass is 310 g/mol. The molecular formula is C18H11FO4. The molecule has 0 aliphatic carbocycles. The Morgan fingerprint density at radius 3 is 2.74 bits per heavy atom. The summed E-state index contributed by atoms with van der Waals surface area (Å²) in [4.78, 5) is 23.0. The summed E-state index contributed by atoms with van der Waals surface area (Å²) in [7, 11) is 0. The third kappa shape index (κ3) is 3.71. The van der Waals surface area contributed by atoms with E-state index >= 15 is 0 Å². The maximum atomic E-state index is 13.0. The molecule has 0 spiro atoms. The van der Waals surface area contributed by atoms with E-state index in [1.807, 2.05) is 0 Å². The van der Waals surface area contributed by atoms with Gasteiger partial charge in [0.25, 0.3) is 0 Å². The van der Waals surface area contributed by atoms with E-state index in [0.29, 0.717) is 11.1 Å². The Hall–Kier alpha value is -3.21. The molecule has 0 saturated heterocycles. The molecule has 3 aromatic rings. The molecule has 1 heterocycles. The molecule has 0 fully saturated rings. The number of hydrogen-bond acceptors (Lipinski definition) is 4. The van der Waals surface area contributed by atoms with Crippen molar-refractivity contribution >= 4 is 23.0 Å². The van der Waals surface area contributed by atoms with Gasteiger partial charge < -0.3 is 9.15 Å². The van der Waals surface area contributed by atoms with Crippen LogP contribution in [-0.4, -0.2) is 5.97 Å². The average Bonchev–Trinajstić information content (AvgIpc) is 2.53. The summed E-state index contributed by atoms with van der Waals surface area (Å²) < 4.78 is 23.2. The highest BCUT2D eigenvalue weighted by molar-refractivity contribution is 5.89. The van der Waals surface area contributed by atoms with Crippen LogP contribution in [-0.2, 0) is 4.79 Å². The Labute approximate surface area is 130 Å². The molecule has 0 saturated carbocycles. The van der Waals surface area contributed by atoms with Gasteiger partial charge in [0.05, 0.1) is 0 Å². The highest BCUT2D eigenvalue weighted by atomic mass is 19.1. The summed E-state index contributed by atoms with van der Waals surface area (Å²) >= 11 is 0. The number of hydrogen-bond donors (Lipinski definition) is 0. The Morgan fingerprint density at radius 1 is 1.09 bits per heavy atom. The smallest absolute Gasteiger partial charge is 0.336 e. The molecule has 23 heavy (non-hydrogen) atoms. The molecule has 0 aliphatic heterocycles. The van der Waals surface area contributed by atoms with Crippen LogP contribution in [0.5, 0.6) is 5.75 Å². The molecule has 2 aromatic carbocycles. The first-order valence-electron chi connectivity index (χ1n) is 6.79. The largest absolute Gasteiger partial charge is 0.423 e. The SMILES string of the molecule is O=C(/C=C/c1cccc(F)c1)Oc1ccc2ccc(=O)oc2c1. The predicted octanol–water partition coefficient (Wildman–Crippen LogP) is 3.55. The first-order chi connectivity index (χ1) is 11.1. The van der Waals surface area contributed by atoms with E-state index in [2.05, 4.69) is 0 Å². The minimum Gasteiger partial charge on any atom is -0.423 e. The number of rotatable bonds is 3. The number of halogens is 1. The fourth-order valence-electron chi connectivity index (χ4n) is 2.03. The van der Waals surface area contributed by atoms with Crippen LogP contribution in [0.3, 0.4) is 0 Å². The minimum atomic E-state index is -0.619. The first kappa shape index (κ1) is 14.7. The third-order valence-electron chi connectivity index (χ3n) is 3.07. The molecule has 0 aliphatic rings. The minimum absolute atomic E-state index is 0.251. The summed E-state index contributed by atoms with van der Waals surface area (Å²) in [6, 6.07) is 13.5. The van der Waals surface area contributed by atoms with Crippen molar-refractivity contribution in [2.24, 2.45) is 0 Å². The molecule has 0 bridgehead atoms. The second kappa shape index (κ2) is 6.27. The van der Waals surface area contributed by atoms with Crippen molar-refractivity contribution in [1.29, 1.82) is 0 Å². The molecule has 0 atom stereocenters. The van der Waals surface area contributed by atoms with Crippen molar-refractivity contribution in [3.63, 3.8) is 0 Å². The van der Waals surface area contributed by atoms with Gasteiger partial charge in [-0.3, -0.25) is 0 Å². The summed E-state index contributed by atoms with van der Waals surface area (Å²) in [5, 5.41) is 0.722. The lowest BCUT2D eigenvalue weighted by atomic mass is 10.2. The third-order valence-corrected chi connectivity index (χ3v) is 3.07. The van der Waals surface area contributed by atoms with Crippen LogP contribution in [0.15, 0.2) is 69.9 Å². The Morgan fingerprint density at radius 2 is 1.91 bits per heavy atom. The second-order valence-electron chi connectivity index (χ2n) is 4.76. The van der Waals surface area contributed by atoms with Gasteiger partial charge in [-0.15, -0.1) is 0 Å². The van der Waals surface area contributed by atoms with Crippen molar-refractivity contribution < 1.29 is 18.3 Å². The summed E-state index contributed by atoms with van der Waals surface area (Å²) in [6.07, 6.45) is 2.65. The molecule has 114 valence electrons. The zero-order valence-corrected chi connectivity index (χ0v) is 11.9. The number of ether oxygens (including phenoxy) is 1. The van der Waals surface area contributed by atoms with Gasteiger partial charge in [-0.2, -0.15) is 0 Å². The van der Waals surface area contributed by atoms with Gasteiger partial charge >= 0.3 is 11.6 Å². The first-order valence-corrected chi connectivity index (χ1v) is 6.79. The number of carbonyl (C=O) groups is 1. The predicted molar refractivity (Wildman–Crippen MR) is 83.6 cm³/mol. The standard InChI is InChI=1S/C18H11FO4/c19-14-3-1-2-12(10-14)4-8-17(20)22-15-7-5-13-6-9-18(21)23-16(13)11-15/h1-11H/b8-4+. The molecule has 5 heteroatoms. The van der Waals surface area contributed by atoms with Gasteiger partial charge in [0, 0.05) is 23.6 Å². The summed E-state index contributed by atoms with van der Waals surface area (Å²) in [5.41, 5.74) is 0.398. The van der Waals surface area contributed by atoms with Crippen molar-refractivity contribution in [3.05, 3.63) is 82.5 Å². The van der Waals surface area contributed by atoms with Crippen LogP contribution in [0.4, 0.5) is 4.39 Å². The summed E-state index contributed by atoms with van der Waals surface area (Å²) in [5.74, 6) is -0.752. The van der Waals surface area contributed by atoms with Crippen LogP contribution in [0.1, 0.15) is 5.56 Å². The number of carbonyl (C=O) groups excluding carboxylic acids is 1. The maximum Gasteiger partial charge on any atom is 0.336 e. The summed E-state index contributed by atoms with van der Waals surface area (Å²) in [6.45, 7) is 0. The van der Waals surface area contributed by atoms with Crippen LogP contribution >= 0.6 is 0 Å². The zero-order chi connectivity index (χ0) is 16.2. The van der Waals surface area contributed by atoms with Gasteiger partial charge in [-0.05, 0) is 42.0 Å². The molecule has 0 radical (unpaired) electrons. The van der Waals surface area contributed by atoms with E-state index < -0.39 is 11.6 Å². The second-order valence-corrected chi connectivity index (χ2v) is 4.76. The number of esters is 1. The highest BCUT2D eigenvalue weighted by Crippen LogP contribution is 2.19. The molecule has 4 nitrogen and oxygen atoms in total. The van der Waals surface area contributed by atoms with Gasteiger partial charge in [0.2, 0.25) is 0 Å². The molecule has 1 aromatic heterocycles. The van der Waals surface area contributed by atoms with Gasteiger partial charge in [0.15, 0.2) is 0 Å². The Bertz CT molecular complexity index is 956. The van der Waals surface area contributed by atoms with Crippen molar-refractivity contribution in [1.82, 2.24) is 0 Å². The van der Waals surface area contributed by atoms with Crippen LogP contribution in [0, 0.1) is 5.82 Å². The van der Waals surface area contributed by atoms with Gasteiger partial charge in [0.1, 0.15) is 17.1 Å². The van der Waals surface area contributed by atoms with Crippen molar-refractivity contribution in [2.75, 3.05) is 0 Å². The zero-order valence-electron chi connectivity index (χ0n) is 11.9. The fraction of sp³-hybridized carbons (Fsp3) is 0. The number of benzene rings is 2. The molecule has 0 amide bonds. The van der Waals surface area contributed by atoms with E-state index in [4.69, 9.17) is 9.15 Å². The van der Waals surface area contributed by atoms with Crippen LogP contribution in [0.2, 0.25) is 0 Å². The number of fused-ring (bicyclic) bond motifs is 1. The maximum absolute atomic E-state index is 13.0. The van der Waals surface area contributed by atoms with E-state index in [1.165, 1.54) is 36.4 Å². The van der Waals surface area contributed by atoms with Crippen LogP contribution < -0.4 is 10.4 Å². The van der Waals surface area contributed by atoms with Gasteiger partial charge in [-0.1, -0.05) is 12.1 Å². The quantitative estimate of drug-likeness (QED) is 0.321. The van der Waals surface area contributed by atoms with E-state index in [1.54, 1.807) is 30.3 Å². The van der Waals surface area contributed by atoms with Crippen molar-refractivity contribution in [2.45, 2.75) is 0 Å². The lowest BCUT2D eigenvalue weighted by Gasteiger charge is -2.02. The fourth-order valence-corrected chi connectivity index (χ4v) is 2.03. The lowest BCUT2D eigenvalue weighted by Crippen LogP contribution is -2.03. The van der Waals surface area contributed by atoms with Crippen molar-refractivity contribution in [3.8, 4) is 5.75 Å². The molecule has 0 N–H and O–H groups in total. The topological polar surface area (TPSA) is 56.5 Å². The normalized spacial score (nSPS) is 11.0. The van der Waals surface area contributed by atoms with Crippen LogP contribution in [0.25, 0.3) is 17.0 Å². The van der Waals surface area contributed by atoms with Gasteiger partial charge in [-0.25, -0.2) is 14.0 Å². The molecular weight excluding hydrogens is 299 g/mol. The Kier molecular flexibility index (Phi) is 4.01. The average molecular weight is 310 g/mol. The molecule has 0 unspecified atom stereocenters. The lowest BCUT2D eigenvalue weighted by molar-refractivity contribution is -0.128. The Balaban J connectivity index is 1.76. The van der Waals surface area contributed by atoms with E-state index in [9.17, 15) is 14.0 Å². The highest BCUT2D eigenvalue weighted by Gasteiger charge is 2.04. The molecule has 3 rings (SSSR count).